The van der Waals surface area contributed by atoms with E-state index in [0.29, 0.717) is 0 Å². The topological polar surface area (TPSA) is 12.0 Å². The molecule has 0 aromatic heterocycles. The van der Waals surface area contributed by atoms with Crippen molar-refractivity contribution in [1.82, 2.24) is 5.32 Å². The second kappa shape index (κ2) is 7.11. The summed E-state index contributed by atoms with van der Waals surface area (Å²) in [6, 6.07) is 13.2. The normalized spacial score (nSPS) is 12.4. The largest absolute Gasteiger partial charge is 0.306 e. The lowest BCUT2D eigenvalue weighted by molar-refractivity contribution is 0.596. The first-order valence-electron chi connectivity index (χ1n) is 7.59. The average molecular weight is 302 g/mol. The second-order valence-corrected chi connectivity index (χ2v) is 6.16. The molecule has 1 N–H and O–H groups in total. The Morgan fingerprint density at radius 2 is 1.76 bits per heavy atom. The van der Waals surface area contributed by atoms with E-state index in [2.05, 4.69) is 62.5 Å². The number of benzene rings is 2. The summed E-state index contributed by atoms with van der Waals surface area (Å²) in [5.41, 5.74) is 6.29. The van der Waals surface area contributed by atoms with Crippen molar-refractivity contribution in [2.45, 2.75) is 40.2 Å². The second-order valence-electron chi connectivity index (χ2n) is 5.76. The third kappa shape index (κ3) is 3.87. The van der Waals surface area contributed by atoms with Crippen LogP contribution in [0.1, 0.15) is 47.2 Å². The highest BCUT2D eigenvalue weighted by Crippen LogP contribution is 2.28. The number of aryl methyl sites for hydroxylation is 3. The quantitative estimate of drug-likeness (QED) is 0.784. The third-order valence-electron chi connectivity index (χ3n) is 3.86. The molecule has 0 radical (unpaired) electrons. The van der Waals surface area contributed by atoms with Crippen LogP contribution in [0.2, 0.25) is 5.02 Å². The predicted octanol–water partition coefficient (Wildman–Crippen LogP) is 5.35. The fourth-order valence-corrected chi connectivity index (χ4v) is 2.82. The lowest BCUT2D eigenvalue weighted by Crippen LogP contribution is -2.24. The summed E-state index contributed by atoms with van der Waals surface area (Å²) in [6.45, 7) is 9.53. The Morgan fingerprint density at radius 3 is 2.38 bits per heavy atom. The van der Waals surface area contributed by atoms with Gasteiger partial charge in [-0.3, -0.25) is 0 Å². The number of rotatable bonds is 5. The zero-order valence-electron chi connectivity index (χ0n) is 13.3. The van der Waals surface area contributed by atoms with Crippen LogP contribution in [0.25, 0.3) is 0 Å². The van der Waals surface area contributed by atoms with E-state index in [1.54, 1.807) is 0 Å². The number of nitrogens with one attached hydrogen (secondary N) is 1. The van der Waals surface area contributed by atoms with Crippen LogP contribution >= 0.6 is 11.6 Å². The summed E-state index contributed by atoms with van der Waals surface area (Å²) in [5.74, 6) is 0. The average Bonchev–Trinajstić information content (AvgIpc) is 2.44. The van der Waals surface area contributed by atoms with Crippen LogP contribution in [0.15, 0.2) is 36.4 Å². The molecule has 1 atom stereocenters. The van der Waals surface area contributed by atoms with E-state index in [1.807, 2.05) is 6.92 Å². The van der Waals surface area contributed by atoms with Crippen molar-refractivity contribution in [1.29, 1.82) is 0 Å². The van der Waals surface area contributed by atoms with Crippen molar-refractivity contribution in [3.05, 3.63) is 69.2 Å². The van der Waals surface area contributed by atoms with E-state index in [4.69, 9.17) is 11.6 Å². The molecule has 0 aliphatic heterocycles. The van der Waals surface area contributed by atoms with Gasteiger partial charge in [-0.25, -0.2) is 0 Å². The molecule has 2 heteroatoms. The maximum Gasteiger partial charge on any atom is 0.0579 e. The van der Waals surface area contributed by atoms with Gasteiger partial charge in [0.2, 0.25) is 0 Å². The molecule has 2 rings (SSSR count). The summed E-state index contributed by atoms with van der Waals surface area (Å²) in [5, 5.41) is 4.48. The molecule has 0 saturated carbocycles. The van der Waals surface area contributed by atoms with Crippen molar-refractivity contribution in [3.63, 3.8) is 0 Å². The van der Waals surface area contributed by atoms with E-state index >= 15 is 0 Å². The summed E-state index contributed by atoms with van der Waals surface area (Å²) >= 11 is 6.32. The molecule has 0 aliphatic carbocycles. The number of hydrogen-bond acceptors (Lipinski definition) is 1. The van der Waals surface area contributed by atoms with Gasteiger partial charge < -0.3 is 5.32 Å². The molecule has 0 saturated heterocycles. The van der Waals surface area contributed by atoms with Crippen LogP contribution in [-0.2, 0) is 0 Å². The molecule has 2 aromatic carbocycles. The van der Waals surface area contributed by atoms with Gasteiger partial charge >= 0.3 is 0 Å². The maximum absolute atomic E-state index is 6.32. The van der Waals surface area contributed by atoms with E-state index in [0.717, 1.165) is 23.6 Å². The first kappa shape index (κ1) is 16.1. The Bertz CT molecular complexity index is 619. The molecule has 1 unspecified atom stereocenters. The first-order valence-corrected chi connectivity index (χ1v) is 7.97. The highest BCUT2D eigenvalue weighted by Gasteiger charge is 2.16. The molecular weight excluding hydrogens is 278 g/mol. The molecule has 0 aliphatic rings. The summed E-state index contributed by atoms with van der Waals surface area (Å²) < 4.78 is 0. The van der Waals surface area contributed by atoms with Gasteiger partial charge in [-0.1, -0.05) is 54.4 Å². The molecule has 112 valence electrons. The van der Waals surface area contributed by atoms with E-state index in [9.17, 15) is 0 Å². The van der Waals surface area contributed by atoms with Crippen LogP contribution in [0.4, 0.5) is 0 Å². The first-order chi connectivity index (χ1) is 10.0. The number of halogens is 1. The Labute approximate surface area is 133 Å². The smallest absolute Gasteiger partial charge is 0.0579 e. The molecule has 0 amide bonds. The molecule has 0 fully saturated rings. The molecule has 2 aromatic rings. The molecule has 0 spiro atoms. The predicted molar refractivity (Wildman–Crippen MR) is 92.2 cm³/mol. The van der Waals surface area contributed by atoms with Crippen molar-refractivity contribution < 1.29 is 0 Å². The van der Waals surface area contributed by atoms with Crippen LogP contribution < -0.4 is 5.32 Å². The lowest BCUT2D eigenvalue weighted by Gasteiger charge is -2.22. The fourth-order valence-electron chi connectivity index (χ4n) is 2.63. The summed E-state index contributed by atoms with van der Waals surface area (Å²) in [4.78, 5) is 0. The molecule has 0 bridgehead atoms. The number of hydrogen-bond donors (Lipinski definition) is 1. The highest BCUT2D eigenvalue weighted by molar-refractivity contribution is 6.31. The summed E-state index contributed by atoms with van der Waals surface area (Å²) in [6.07, 6.45) is 1.11. The molecule has 21 heavy (non-hydrogen) atoms. The Kier molecular flexibility index (Phi) is 5.44. The highest BCUT2D eigenvalue weighted by atomic mass is 35.5. The minimum Gasteiger partial charge on any atom is -0.306 e. The zero-order valence-corrected chi connectivity index (χ0v) is 14.1. The minimum atomic E-state index is 0.198. The van der Waals surface area contributed by atoms with Crippen LogP contribution in [0.3, 0.4) is 0 Å². The van der Waals surface area contributed by atoms with E-state index in [-0.39, 0.29) is 6.04 Å². The maximum atomic E-state index is 6.32. The van der Waals surface area contributed by atoms with Gasteiger partial charge in [0, 0.05) is 5.02 Å². The Hall–Kier alpha value is -1.31. The third-order valence-corrected chi connectivity index (χ3v) is 4.27. The monoisotopic (exact) mass is 301 g/mol. The SMILES string of the molecule is CCCNC(c1ccc(C)c(Cl)c1)c1ccc(C)cc1C. The lowest BCUT2D eigenvalue weighted by atomic mass is 9.93. The van der Waals surface area contributed by atoms with Gasteiger partial charge in [0.25, 0.3) is 0 Å². The fraction of sp³-hybridized carbons (Fsp3) is 0.368. The Morgan fingerprint density at radius 1 is 1.00 bits per heavy atom. The van der Waals surface area contributed by atoms with Crippen molar-refractivity contribution in [2.75, 3.05) is 6.54 Å². The molecule has 1 nitrogen and oxygen atoms in total. The van der Waals surface area contributed by atoms with E-state index in [1.165, 1.54) is 22.3 Å². The van der Waals surface area contributed by atoms with Gasteiger partial charge in [-0.05, 0) is 62.1 Å². The molecule has 0 heterocycles. The van der Waals surface area contributed by atoms with Gasteiger partial charge in [0.05, 0.1) is 6.04 Å². The van der Waals surface area contributed by atoms with Crippen molar-refractivity contribution >= 4 is 11.6 Å². The van der Waals surface area contributed by atoms with Gasteiger partial charge in [-0.2, -0.15) is 0 Å². The van der Waals surface area contributed by atoms with Crippen molar-refractivity contribution in [3.8, 4) is 0 Å². The zero-order chi connectivity index (χ0) is 15.4. The molecular formula is C19H24ClN. The minimum absolute atomic E-state index is 0.198. The standard InChI is InChI=1S/C19H24ClN/c1-5-10-21-19(16-8-7-14(3)18(20)12-16)17-9-6-13(2)11-15(17)4/h6-9,11-12,19,21H,5,10H2,1-4H3. The van der Waals surface area contributed by atoms with Gasteiger partial charge in [-0.15, -0.1) is 0 Å². The van der Waals surface area contributed by atoms with Crippen molar-refractivity contribution in [2.24, 2.45) is 0 Å². The van der Waals surface area contributed by atoms with Crippen LogP contribution in [-0.4, -0.2) is 6.54 Å². The summed E-state index contributed by atoms with van der Waals surface area (Å²) in [7, 11) is 0. The van der Waals surface area contributed by atoms with Gasteiger partial charge in [0.1, 0.15) is 0 Å². The van der Waals surface area contributed by atoms with Crippen LogP contribution in [0, 0.1) is 20.8 Å². The van der Waals surface area contributed by atoms with E-state index < -0.39 is 0 Å². The van der Waals surface area contributed by atoms with Gasteiger partial charge in [0.15, 0.2) is 0 Å². The Balaban J connectivity index is 2.44. The van der Waals surface area contributed by atoms with Crippen LogP contribution in [0.5, 0.6) is 0 Å².